The number of piperidine rings is 1. The van der Waals surface area contributed by atoms with E-state index < -0.39 is 24.2 Å². The van der Waals surface area contributed by atoms with Gasteiger partial charge in [-0.3, -0.25) is 9.59 Å². The predicted molar refractivity (Wildman–Crippen MR) is 121 cm³/mol. The molecule has 2 aliphatic carbocycles. The van der Waals surface area contributed by atoms with Crippen molar-refractivity contribution in [1.29, 1.82) is 0 Å². The maximum atomic E-state index is 13.0. The lowest BCUT2D eigenvalue weighted by Gasteiger charge is -2.26. The van der Waals surface area contributed by atoms with Crippen LogP contribution in [0.2, 0.25) is 0 Å². The van der Waals surface area contributed by atoms with Crippen molar-refractivity contribution in [3.05, 3.63) is 59.7 Å². The van der Waals surface area contributed by atoms with E-state index in [4.69, 9.17) is 9.47 Å². The van der Waals surface area contributed by atoms with Crippen LogP contribution < -0.4 is 5.32 Å². The van der Waals surface area contributed by atoms with E-state index in [1.807, 2.05) is 24.3 Å². The second kappa shape index (κ2) is 8.13. The van der Waals surface area contributed by atoms with E-state index >= 15 is 0 Å². The van der Waals surface area contributed by atoms with E-state index in [1.54, 1.807) is 4.90 Å². The van der Waals surface area contributed by atoms with Crippen LogP contribution in [0.5, 0.6) is 0 Å². The summed E-state index contributed by atoms with van der Waals surface area (Å²) >= 11 is 0. The van der Waals surface area contributed by atoms with Gasteiger partial charge in [-0.25, -0.2) is 4.79 Å². The number of aliphatic carboxylic acids is 1. The van der Waals surface area contributed by atoms with Crippen molar-refractivity contribution in [2.45, 2.75) is 24.5 Å². The molecule has 2 aromatic carbocycles. The van der Waals surface area contributed by atoms with Gasteiger partial charge in [0.15, 0.2) is 6.10 Å². The molecule has 4 unspecified atom stereocenters. The number of nitrogens with one attached hydrogen (secondary N) is 1. The summed E-state index contributed by atoms with van der Waals surface area (Å²) in [4.78, 5) is 38.5. The number of rotatable bonds is 5. The van der Waals surface area contributed by atoms with Crippen molar-refractivity contribution >= 4 is 18.0 Å². The third-order valence-electron chi connectivity index (χ3n) is 7.77. The third kappa shape index (κ3) is 3.44. The summed E-state index contributed by atoms with van der Waals surface area (Å²) in [6.07, 6.45) is -0.800. The Morgan fingerprint density at radius 2 is 1.62 bits per heavy atom. The summed E-state index contributed by atoms with van der Waals surface area (Å²) in [5.74, 6) is -1.25. The molecule has 4 aliphatic rings. The van der Waals surface area contributed by atoms with Crippen molar-refractivity contribution < 1.29 is 29.0 Å². The summed E-state index contributed by atoms with van der Waals surface area (Å²) in [6.45, 7) is 1.47. The zero-order chi connectivity index (χ0) is 23.4. The molecule has 0 bridgehead atoms. The minimum Gasteiger partial charge on any atom is -0.481 e. The fourth-order valence-corrected chi connectivity index (χ4v) is 6.02. The van der Waals surface area contributed by atoms with Crippen molar-refractivity contribution in [2.75, 3.05) is 26.3 Å². The first-order chi connectivity index (χ1) is 16.5. The number of ether oxygens (including phenoxy) is 2. The molecule has 3 fully saturated rings. The zero-order valence-electron chi connectivity index (χ0n) is 18.6. The smallest absolute Gasteiger partial charge is 0.407 e. The molecule has 0 aromatic heterocycles. The summed E-state index contributed by atoms with van der Waals surface area (Å²) in [7, 11) is 0. The van der Waals surface area contributed by atoms with Crippen LogP contribution >= 0.6 is 0 Å². The Labute approximate surface area is 196 Å². The number of likely N-dealkylation sites (tertiary alicyclic amines) is 1. The molecule has 2 aromatic rings. The number of nitrogens with zero attached hydrogens (tertiary/aromatic N) is 1. The van der Waals surface area contributed by atoms with Crippen LogP contribution in [0.1, 0.15) is 23.5 Å². The van der Waals surface area contributed by atoms with Crippen molar-refractivity contribution in [2.24, 2.45) is 17.8 Å². The van der Waals surface area contributed by atoms with E-state index in [-0.39, 0.29) is 36.2 Å². The second-order valence-corrected chi connectivity index (χ2v) is 9.59. The molecule has 0 radical (unpaired) electrons. The molecular formula is C26H26N2O6. The summed E-state index contributed by atoms with van der Waals surface area (Å²) in [5, 5.41) is 12.0. The maximum Gasteiger partial charge on any atom is 0.407 e. The Kier molecular flexibility index (Phi) is 5.06. The van der Waals surface area contributed by atoms with Gasteiger partial charge in [0.25, 0.3) is 5.91 Å². The molecule has 4 atom stereocenters. The zero-order valence-corrected chi connectivity index (χ0v) is 18.6. The maximum absolute atomic E-state index is 13.0. The largest absolute Gasteiger partial charge is 0.481 e. The van der Waals surface area contributed by atoms with Gasteiger partial charge in [0.05, 0.1) is 12.0 Å². The fraction of sp³-hybridized carbons (Fsp3) is 0.423. The van der Waals surface area contributed by atoms with Crippen LogP contribution in [0.4, 0.5) is 4.79 Å². The number of carbonyl (C=O) groups excluding carboxylic acids is 2. The lowest BCUT2D eigenvalue weighted by Crippen LogP contribution is -2.50. The standard InChI is InChI=1S/C26H26N2O6/c29-24(28-11-18-19(12-28)22(18)25(30)31)23-21(9-10-33-23)27-26(32)34-13-20-16-7-3-1-5-14(16)15-6-2-4-8-17(15)20/h1-8,18-23H,9-13H2,(H,27,32)(H,30,31). The van der Waals surface area contributed by atoms with Gasteiger partial charge in [-0.1, -0.05) is 48.5 Å². The first-order valence-corrected chi connectivity index (χ1v) is 11.8. The molecule has 6 rings (SSSR count). The summed E-state index contributed by atoms with van der Waals surface area (Å²) < 4.78 is 11.3. The van der Waals surface area contributed by atoms with E-state index in [9.17, 15) is 19.5 Å². The number of carbonyl (C=O) groups is 3. The summed E-state index contributed by atoms with van der Waals surface area (Å²) in [5.41, 5.74) is 4.61. The van der Waals surface area contributed by atoms with Gasteiger partial charge in [-0.2, -0.15) is 0 Å². The molecule has 34 heavy (non-hydrogen) atoms. The van der Waals surface area contributed by atoms with E-state index in [0.29, 0.717) is 26.1 Å². The Balaban J connectivity index is 1.06. The van der Waals surface area contributed by atoms with Crippen LogP contribution in [0.15, 0.2) is 48.5 Å². The van der Waals surface area contributed by atoms with Crippen LogP contribution in [0.3, 0.4) is 0 Å². The Hall–Kier alpha value is -3.39. The monoisotopic (exact) mass is 462 g/mol. The second-order valence-electron chi connectivity index (χ2n) is 9.59. The van der Waals surface area contributed by atoms with E-state index in [0.717, 1.165) is 22.3 Å². The number of alkyl carbamates (subject to hydrolysis) is 1. The quantitative estimate of drug-likeness (QED) is 0.707. The number of carboxylic acid groups (broad SMARTS) is 1. The van der Waals surface area contributed by atoms with Gasteiger partial charge in [-0.15, -0.1) is 0 Å². The van der Waals surface area contributed by atoms with Gasteiger partial charge in [-0.05, 0) is 40.5 Å². The lowest BCUT2D eigenvalue weighted by molar-refractivity contribution is -0.144. The van der Waals surface area contributed by atoms with Gasteiger partial charge in [0, 0.05) is 25.6 Å². The van der Waals surface area contributed by atoms with Crippen molar-refractivity contribution in [3.8, 4) is 11.1 Å². The van der Waals surface area contributed by atoms with Crippen LogP contribution in [0.25, 0.3) is 11.1 Å². The Morgan fingerprint density at radius 1 is 1.00 bits per heavy atom. The molecule has 2 N–H and O–H groups in total. The van der Waals surface area contributed by atoms with Crippen LogP contribution in [0, 0.1) is 17.8 Å². The normalized spacial score (nSPS) is 28.7. The average Bonchev–Trinajstić information content (AvgIpc) is 3.19. The molecule has 1 saturated carbocycles. The average molecular weight is 463 g/mol. The SMILES string of the molecule is O=C(NC1CCOC1C(=O)N1CC2C(C1)C2C(=O)O)OCC1c2ccccc2-c2ccccc21. The van der Waals surface area contributed by atoms with Crippen LogP contribution in [-0.2, 0) is 19.1 Å². The molecule has 2 amide bonds. The van der Waals surface area contributed by atoms with Gasteiger partial charge in [0.1, 0.15) is 6.61 Å². The first-order valence-electron chi connectivity index (χ1n) is 11.8. The Morgan fingerprint density at radius 3 is 2.24 bits per heavy atom. The molecule has 2 saturated heterocycles. The topological polar surface area (TPSA) is 105 Å². The van der Waals surface area contributed by atoms with Crippen molar-refractivity contribution in [1.82, 2.24) is 10.2 Å². The minimum atomic E-state index is -0.783. The van der Waals surface area contributed by atoms with E-state index in [2.05, 4.69) is 29.6 Å². The lowest BCUT2D eigenvalue weighted by atomic mass is 9.98. The van der Waals surface area contributed by atoms with Crippen LogP contribution in [-0.4, -0.2) is 66.4 Å². The Bertz CT molecular complexity index is 1110. The number of carboxylic acids is 1. The summed E-state index contributed by atoms with van der Waals surface area (Å²) in [6, 6.07) is 15.8. The third-order valence-corrected chi connectivity index (χ3v) is 7.77. The number of benzene rings is 2. The number of fused-ring (bicyclic) bond motifs is 4. The number of amides is 2. The molecule has 0 spiro atoms. The molecule has 2 aliphatic heterocycles. The molecule has 8 heteroatoms. The first kappa shape index (κ1) is 21.2. The highest BCUT2D eigenvalue weighted by atomic mass is 16.6. The highest BCUT2D eigenvalue weighted by Crippen LogP contribution is 2.52. The molecule has 8 nitrogen and oxygen atoms in total. The molecular weight excluding hydrogens is 436 g/mol. The van der Waals surface area contributed by atoms with E-state index in [1.165, 1.54) is 0 Å². The van der Waals surface area contributed by atoms with Gasteiger partial charge < -0.3 is 24.8 Å². The van der Waals surface area contributed by atoms with Gasteiger partial charge in [0.2, 0.25) is 0 Å². The van der Waals surface area contributed by atoms with Crippen molar-refractivity contribution in [3.63, 3.8) is 0 Å². The highest BCUT2D eigenvalue weighted by Gasteiger charge is 2.61. The highest BCUT2D eigenvalue weighted by molar-refractivity contribution is 5.84. The fourth-order valence-electron chi connectivity index (χ4n) is 6.02. The molecule has 2 heterocycles. The number of hydrogen-bond donors (Lipinski definition) is 2. The van der Waals surface area contributed by atoms with Gasteiger partial charge >= 0.3 is 12.1 Å². The predicted octanol–water partition coefficient (Wildman–Crippen LogP) is 2.47. The molecule has 176 valence electrons. The number of hydrogen-bond acceptors (Lipinski definition) is 5. The minimum absolute atomic E-state index is 0.0334.